The summed E-state index contributed by atoms with van der Waals surface area (Å²) in [5, 5.41) is 5.55. The Bertz CT molecular complexity index is 612. The molecule has 3 rings (SSSR count). The van der Waals surface area contributed by atoms with Gasteiger partial charge in [0.2, 0.25) is 0 Å². The van der Waals surface area contributed by atoms with Crippen LogP contribution in [-0.2, 0) is 0 Å². The second-order valence-corrected chi connectivity index (χ2v) is 6.63. The highest BCUT2D eigenvalue weighted by Gasteiger charge is 2.22. The van der Waals surface area contributed by atoms with Gasteiger partial charge in [0.1, 0.15) is 0 Å². The minimum absolute atomic E-state index is 0.341. The minimum Gasteiger partial charge on any atom is -0.242 e. The van der Waals surface area contributed by atoms with Crippen molar-refractivity contribution in [3.05, 3.63) is 35.1 Å². The SMILES string of the molecule is CC(C)c1nc(-c2cccc(Cl)c2)n(C2CCCCC2)n1. The second-order valence-electron chi connectivity index (χ2n) is 6.20. The van der Waals surface area contributed by atoms with Crippen LogP contribution >= 0.6 is 11.6 Å². The van der Waals surface area contributed by atoms with Gasteiger partial charge >= 0.3 is 0 Å². The van der Waals surface area contributed by atoms with Crippen LogP contribution in [0, 0.1) is 0 Å². The summed E-state index contributed by atoms with van der Waals surface area (Å²) in [7, 11) is 0. The van der Waals surface area contributed by atoms with Crippen LogP contribution in [0.3, 0.4) is 0 Å². The Morgan fingerprint density at radius 3 is 2.62 bits per heavy atom. The molecule has 0 aliphatic heterocycles. The van der Waals surface area contributed by atoms with Crippen molar-refractivity contribution in [3.8, 4) is 11.4 Å². The third-order valence-electron chi connectivity index (χ3n) is 4.17. The van der Waals surface area contributed by atoms with Gasteiger partial charge in [0.05, 0.1) is 6.04 Å². The summed E-state index contributed by atoms with van der Waals surface area (Å²) in [6.07, 6.45) is 6.32. The molecule has 4 heteroatoms. The van der Waals surface area contributed by atoms with E-state index in [-0.39, 0.29) is 0 Å². The Kier molecular flexibility index (Phi) is 4.29. The molecule has 1 aliphatic rings. The predicted octanol–water partition coefficient (Wildman–Crippen LogP) is 5.23. The lowest BCUT2D eigenvalue weighted by molar-refractivity contribution is 0.330. The maximum atomic E-state index is 6.14. The number of hydrogen-bond donors (Lipinski definition) is 0. The summed E-state index contributed by atoms with van der Waals surface area (Å²) in [4.78, 5) is 4.79. The van der Waals surface area contributed by atoms with Crippen LogP contribution < -0.4 is 0 Å². The van der Waals surface area contributed by atoms with Gasteiger partial charge in [-0.2, -0.15) is 5.10 Å². The number of benzene rings is 1. The monoisotopic (exact) mass is 303 g/mol. The van der Waals surface area contributed by atoms with E-state index in [9.17, 15) is 0 Å². The molecule has 0 saturated heterocycles. The molecule has 1 fully saturated rings. The van der Waals surface area contributed by atoms with Gasteiger partial charge in [-0.25, -0.2) is 9.67 Å². The van der Waals surface area contributed by atoms with Crippen LogP contribution in [0.25, 0.3) is 11.4 Å². The van der Waals surface area contributed by atoms with E-state index in [1.54, 1.807) is 0 Å². The molecule has 1 aliphatic carbocycles. The van der Waals surface area contributed by atoms with Crippen LogP contribution in [0.5, 0.6) is 0 Å². The molecule has 1 aromatic heterocycles. The fourth-order valence-electron chi connectivity index (χ4n) is 2.99. The average Bonchev–Trinajstić information content (AvgIpc) is 2.93. The number of rotatable bonds is 3. The van der Waals surface area contributed by atoms with Crippen molar-refractivity contribution in [2.75, 3.05) is 0 Å². The van der Waals surface area contributed by atoms with E-state index in [0.717, 1.165) is 22.2 Å². The lowest BCUT2D eigenvalue weighted by Crippen LogP contribution is -2.15. The molecule has 1 saturated carbocycles. The summed E-state index contributed by atoms with van der Waals surface area (Å²) >= 11 is 6.14. The molecule has 2 aromatic rings. The Balaban J connectivity index is 2.04. The van der Waals surface area contributed by atoms with E-state index in [1.165, 1.54) is 32.1 Å². The first kappa shape index (κ1) is 14.6. The topological polar surface area (TPSA) is 30.7 Å². The first-order chi connectivity index (χ1) is 10.1. The molecule has 0 amide bonds. The smallest absolute Gasteiger partial charge is 0.158 e. The van der Waals surface area contributed by atoms with Crippen LogP contribution in [-0.4, -0.2) is 14.8 Å². The second kappa shape index (κ2) is 6.18. The van der Waals surface area contributed by atoms with Crippen LogP contribution in [0.15, 0.2) is 24.3 Å². The van der Waals surface area contributed by atoms with E-state index in [2.05, 4.69) is 24.6 Å². The van der Waals surface area contributed by atoms with Gasteiger partial charge < -0.3 is 0 Å². The Labute approximate surface area is 131 Å². The highest BCUT2D eigenvalue weighted by atomic mass is 35.5. The summed E-state index contributed by atoms with van der Waals surface area (Å²) in [6, 6.07) is 8.41. The summed E-state index contributed by atoms with van der Waals surface area (Å²) < 4.78 is 2.15. The molecule has 0 atom stereocenters. The third kappa shape index (κ3) is 3.13. The third-order valence-corrected chi connectivity index (χ3v) is 4.40. The van der Waals surface area contributed by atoms with Crippen molar-refractivity contribution < 1.29 is 0 Å². The molecule has 0 spiro atoms. The van der Waals surface area contributed by atoms with Crippen molar-refractivity contribution >= 4 is 11.6 Å². The Morgan fingerprint density at radius 1 is 1.19 bits per heavy atom. The molecule has 0 radical (unpaired) electrons. The number of aromatic nitrogens is 3. The molecule has 1 aromatic carbocycles. The van der Waals surface area contributed by atoms with Gasteiger partial charge in [-0.1, -0.05) is 56.8 Å². The van der Waals surface area contributed by atoms with Crippen molar-refractivity contribution in [2.45, 2.75) is 57.9 Å². The quantitative estimate of drug-likeness (QED) is 0.777. The van der Waals surface area contributed by atoms with Crippen molar-refractivity contribution in [1.29, 1.82) is 0 Å². The maximum Gasteiger partial charge on any atom is 0.158 e. The molecule has 1 heterocycles. The van der Waals surface area contributed by atoms with Crippen LogP contribution in [0.2, 0.25) is 5.02 Å². The molecule has 112 valence electrons. The Hall–Kier alpha value is -1.35. The first-order valence-electron chi connectivity index (χ1n) is 7.87. The van der Waals surface area contributed by atoms with Crippen molar-refractivity contribution in [1.82, 2.24) is 14.8 Å². The van der Waals surface area contributed by atoms with Crippen molar-refractivity contribution in [2.24, 2.45) is 0 Å². The number of halogens is 1. The largest absolute Gasteiger partial charge is 0.242 e. The van der Waals surface area contributed by atoms with Gasteiger partial charge in [-0.3, -0.25) is 0 Å². The lowest BCUT2D eigenvalue weighted by atomic mass is 9.95. The lowest BCUT2D eigenvalue weighted by Gasteiger charge is -2.23. The molecule has 0 N–H and O–H groups in total. The summed E-state index contributed by atoms with van der Waals surface area (Å²) in [5.41, 5.74) is 1.06. The molecule has 0 unspecified atom stereocenters. The van der Waals surface area contributed by atoms with Gasteiger partial charge in [0, 0.05) is 16.5 Å². The van der Waals surface area contributed by atoms with Gasteiger partial charge in [0.25, 0.3) is 0 Å². The molecular weight excluding hydrogens is 282 g/mol. The van der Waals surface area contributed by atoms with E-state index < -0.39 is 0 Å². The van der Waals surface area contributed by atoms with Gasteiger partial charge in [-0.05, 0) is 25.0 Å². The van der Waals surface area contributed by atoms with E-state index >= 15 is 0 Å². The zero-order valence-electron chi connectivity index (χ0n) is 12.7. The van der Waals surface area contributed by atoms with E-state index in [4.69, 9.17) is 21.7 Å². The van der Waals surface area contributed by atoms with E-state index in [1.807, 2.05) is 18.2 Å². The van der Waals surface area contributed by atoms with Gasteiger partial charge in [-0.15, -0.1) is 0 Å². The average molecular weight is 304 g/mol. The fourth-order valence-corrected chi connectivity index (χ4v) is 3.18. The number of hydrogen-bond acceptors (Lipinski definition) is 2. The standard InChI is InChI=1S/C17H22ClN3/c1-12(2)16-19-17(13-7-6-8-14(18)11-13)21(20-16)15-9-4-3-5-10-15/h6-8,11-12,15H,3-5,9-10H2,1-2H3. The van der Waals surface area contributed by atoms with Crippen LogP contribution in [0.1, 0.15) is 63.7 Å². The minimum atomic E-state index is 0.341. The Morgan fingerprint density at radius 2 is 1.95 bits per heavy atom. The predicted molar refractivity (Wildman–Crippen MR) is 86.7 cm³/mol. The molecule has 3 nitrogen and oxygen atoms in total. The van der Waals surface area contributed by atoms with Crippen LogP contribution in [0.4, 0.5) is 0 Å². The number of nitrogens with zero attached hydrogens (tertiary/aromatic N) is 3. The summed E-state index contributed by atoms with van der Waals surface area (Å²) in [5.74, 6) is 2.23. The van der Waals surface area contributed by atoms with Crippen molar-refractivity contribution in [3.63, 3.8) is 0 Å². The highest BCUT2D eigenvalue weighted by Crippen LogP contribution is 2.32. The zero-order chi connectivity index (χ0) is 14.8. The molecule has 21 heavy (non-hydrogen) atoms. The first-order valence-corrected chi connectivity index (χ1v) is 8.25. The zero-order valence-corrected chi connectivity index (χ0v) is 13.5. The molecular formula is C17H22ClN3. The fraction of sp³-hybridized carbons (Fsp3) is 0.529. The van der Waals surface area contributed by atoms with E-state index in [0.29, 0.717) is 12.0 Å². The molecule has 0 bridgehead atoms. The summed E-state index contributed by atoms with van der Waals surface area (Å²) in [6.45, 7) is 4.28. The maximum absolute atomic E-state index is 6.14. The normalized spacial score (nSPS) is 16.6. The van der Waals surface area contributed by atoms with Gasteiger partial charge in [0.15, 0.2) is 11.6 Å². The highest BCUT2D eigenvalue weighted by molar-refractivity contribution is 6.30.